The predicted octanol–water partition coefficient (Wildman–Crippen LogP) is 1.73. The molecule has 2 rings (SSSR count). The maximum Gasteiger partial charge on any atom is 0.374 e. The molecule has 0 bridgehead atoms. The van der Waals surface area contributed by atoms with Crippen molar-refractivity contribution in [1.29, 1.82) is 0 Å². The molecular formula is C12H9FO5. The Labute approximate surface area is 101 Å². The fourth-order valence-electron chi connectivity index (χ4n) is 1.56. The zero-order valence-corrected chi connectivity index (χ0v) is 9.65. The van der Waals surface area contributed by atoms with Crippen LogP contribution in [0.4, 0.5) is 4.39 Å². The maximum absolute atomic E-state index is 13.5. The first-order chi connectivity index (χ1) is 8.58. The largest absolute Gasteiger partial charge is 0.490 e. The smallest absolute Gasteiger partial charge is 0.374 e. The molecular weight excluding hydrogens is 243 g/mol. The molecule has 2 aromatic rings. The average molecular weight is 252 g/mol. The van der Waals surface area contributed by atoms with Gasteiger partial charge in [-0.25, -0.2) is 9.18 Å². The number of benzene rings is 1. The minimum Gasteiger partial charge on any atom is -0.490 e. The number of methoxy groups -OCH3 is 2. The first-order valence-electron chi connectivity index (χ1n) is 4.97. The number of esters is 1. The maximum atomic E-state index is 13.5. The van der Waals surface area contributed by atoms with Crippen molar-refractivity contribution in [2.24, 2.45) is 0 Å². The lowest BCUT2D eigenvalue weighted by atomic mass is 10.2. The standard InChI is InChI=1S/C12H9FO5/c1-16-11-7(13)4-3-6-8(14)5-9(12(15)17-2)18-10(6)11/h3-5H,1-2H3. The van der Waals surface area contributed by atoms with Crippen LogP contribution in [0.3, 0.4) is 0 Å². The zero-order valence-electron chi connectivity index (χ0n) is 9.65. The van der Waals surface area contributed by atoms with Gasteiger partial charge >= 0.3 is 5.97 Å². The first-order valence-corrected chi connectivity index (χ1v) is 4.97. The SMILES string of the molecule is COC(=O)c1cc(=O)c2ccc(F)c(OC)c2o1. The highest BCUT2D eigenvalue weighted by atomic mass is 19.1. The summed E-state index contributed by atoms with van der Waals surface area (Å²) in [6.07, 6.45) is 0. The molecule has 0 spiro atoms. The summed E-state index contributed by atoms with van der Waals surface area (Å²) in [5.41, 5.74) is -0.597. The highest BCUT2D eigenvalue weighted by Gasteiger charge is 2.17. The highest BCUT2D eigenvalue weighted by molar-refractivity contribution is 5.90. The Morgan fingerprint density at radius 2 is 2.06 bits per heavy atom. The summed E-state index contributed by atoms with van der Waals surface area (Å²) in [5.74, 6) is -2.04. The summed E-state index contributed by atoms with van der Waals surface area (Å²) in [6.45, 7) is 0. The molecule has 0 aliphatic rings. The molecule has 1 aromatic carbocycles. The topological polar surface area (TPSA) is 65.7 Å². The van der Waals surface area contributed by atoms with Gasteiger partial charge in [0.1, 0.15) is 0 Å². The summed E-state index contributed by atoms with van der Waals surface area (Å²) in [5, 5.41) is 0.126. The van der Waals surface area contributed by atoms with Gasteiger partial charge in [0.2, 0.25) is 5.76 Å². The molecule has 0 radical (unpaired) electrons. The van der Waals surface area contributed by atoms with Crippen LogP contribution in [-0.4, -0.2) is 20.2 Å². The van der Waals surface area contributed by atoms with Gasteiger partial charge in [-0.05, 0) is 12.1 Å². The number of hydrogen-bond donors (Lipinski definition) is 0. The summed E-state index contributed by atoms with van der Waals surface area (Å²) in [6, 6.07) is 3.35. The van der Waals surface area contributed by atoms with Gasteiger partial charge in [-0.1, -0.05) is 0 Å². The number of halogens is 1. The van der Waals surface area contributed by atoms with Crippen LogP contribution in [0.15, 0.2) is 27.4 Å². The molecule has 6 heteroatoms. The molecule has 0 saturated heterocycles. The average Bonchev–Trinajstić information content (AvgIpc) is 2.37. The normalized spacial score (nSPS) is 10.4. The Balaban J connectivity index is 2.84. The highest BCUT2D eigenvalue weighted by Crippen LogP contribution is 2.27. The van der Waals surface area contributed by atoms with Crippen molar-refractivity contribution in [1.82, 2.24) is 0 Å². The molecule has 0 amide bonds. The lowest BCUT2D eigenvalue weighted by Crippen LogP contribution is -2.09. The second-order valence-corrected chi connectivity index (χ2v) is 3.42. The molecule has 94 valence electrons. The molecule has 0 saturated carbocycles. The Bertz CT molecular complexity index is 674. The van der Waals surface area contributed by atoms with E-state index in [9.17, 15) is 14.0 Å². The van der Waals surface area contributed by atoms with Gasteiger partial charge in [0.25, 0.3) is 0 Å². The Morgan fingerprint density at radius 1 is 1.33 bits per heavy atom. The van der Waals surface area contributed by atoms with Gasteiger partial charge in [-0.3, -0.25) is 4.79 Å². The lowest BCUT2D eigenvalue weighted by Gasteiger charge is -2.06. The van der Waals surface area contributed by atoms with Crippen molar-refractivity contribution < 1.29 is 23.1 Å². The van der Waals surface area contributed by atoms with Crippen LogP contribution in [0.2, 0.25) is 0 Å². The number of hydrogen-bond acceptors (Lipinski definition) is 5. The molecule has 0 aliphatic heterocycles. The van der Waals surface area contributed by atoms with Gasteiger partial charge in [-0.2, -0.15) is 0 Å². The van der Waals surface area contributed by atoms with E-state index in [1.165, 1.54) is 13.2 Å². The summed E-state index contributed by atoms with van der Waals surface area (Å²) in [7, 11) is 2.39. The third kappa shape index (κ3) is 1.81. The zero-order chi connectivity index (χ0) is 13.3. The minimum atomic E-state index is -0.819. The van der Waals surface area contributed by atoms with Crippen LogP contribution in [0.5, 0.6) is 5.75 Å². The number of carbonyl (C=O) groups is 1. The third-order valence-corrected chi connectivity index (χ3v) is 2.39. The Hall–Kier alpha value is -2.37. The van der Waals surface area contributed by atoms with Crippen LogP contribution in [0.1, 0.15) is 10.6 Å². The van der Waals surface area contributed by atoms with E-state index in [2.05, 4.69) is 4.74 Å². The summed E-state index contributed by atoms with van der Waals surface area (Å²) < 4.78 is 27.9. The van der Waals surface area contributed by atoms with Crippen LogP contribution in [0, 0.1) is 5.82 Å². The first kappa shape index (κ1) is 12.1. The fraction of sp³-hybridized carbons (Fsp3) is 0.167. The number of rotatable bonds is 2. The minimum absolute atomic E-state index is 0.120. The second-order valence-electron chi connectivity index (χ2n) is 3.42. The molecule has 0 aliphatic carbocycles. The third-order valence-electron chi connectivity index (χ3n) is 2.39. The van der Waals surface area contributed by atoms with E-state index < -0.39 is 17.2 Å². The number of ether oxygens (including phenoxy) is 2. The Morgan fingerprint density at radius 3 is 2.67 bits per heavy atom. The number of carbonyl (C=O) groups excluding carboxylic acids is 1. The van der Waals surface area contributed by atoms with Crippen molar-refractivity contribution in [3.8, 4) is 5.75 Å². The molecule has 18 heavy (non-hydrogen) atoms. The van der Waals surface area contributed by atoms with Gasteiger partial charge < -0.3 is 13.9 Å². The molecule has 0 N–H and O–H groups in total. The van der Waals surface area contributed by atoms with Crippen molar-refractivity contribution in [3.05, 3.63) is 40.0 Å². The van der Waals surface area contributed by atoms with Crippen molar-refractivity contribution in [2.75, 3.05) is 14.2 Å². The molecule has 1 heterocycles. The lowest BCUT2D eigenvalue weighted by molar-refractivity contribution is 0.0565. The van der Waals surface area contributed by atoms with Crippen molar-refractivity contribution in [3.63, 3.8) is 0 Å². The van der Waals surface area contributed by atoms with Gasteiger partial charge in [-0.15, -0.1) is 0 Å². The van der Waals surface area contributed by atoms with Crippen LogP contribution in [-0.2, 0) is 4.74 Å². The fourth-order valence-corrected chi connectivity index (χ4v) is 1.56. The van der Waals surface area contributed by atoms with Crippen LogP contribution in [0.25, 0.3) is 11.0 Å². The van der Waals surface area contributed by atoms with Crippen LogP contribution >= 0.6 is 0 Å². The molecule has 0 fully saturated rings. The number of fused-ring (bicyclic) bond motifs is 1. The Kier molecular flexibility index (Phi) is 3.01. The van der Waals surface area contributed by atoms with Crippen molar-refractivity contribution in [2.45, 2.75) is 0 Å². The summed E-state index contributed by atoms with van der Waals surface area (Å²) >= 11 is 0. The molecule has 5 nitrogen and oxygen atoms in total. The molecule has 0 atom stereocenters. The summed E-state index contributed by atoms with van der Waals surface area (Å²) in [4.78, 5) is 23.1. The van der Waals surface area contributed by atoms with E-state index in [1.54, 1.807) is 0 Å². The van der Waals surface area contributed by atoms with Gasteiger partial charge in [0.15, 0.2) is 22.6 Å². The predicted molar refractivity (Wildman–Crippen MR) is 60.3 cm³/mol. The van der Waals surface area contributed by atoms with Gasteiger partial charge in [0, 0.05) is 6.07 Å². The van der Waals surface area contributed by atoms with E-state index in [0.29, 0.717) is 0 Å². The van der Waals surface area contributed by atoms with E-state index in [-0.39, 0.29) is 22.5 Å². The molecule has 1 aromatic heterocycles. The van der Waals surface area contributed by atoms with Gasteiger partial charge in [0.05, 0.1) is 19.6 Å². The van der Waals surface area contributed by atoms with E-state index in [4.69, 9.17) is 9.15 Å². The quantitative estimate of drug-likeness (QED) is 0.761. The van der Waals surface area contributed by atoms with E-state index in [0.717, 1.165) is 19.2 Å². The van der Waals surface area contributed by atoms with E-state index in [1.807, 2.05) is 0 Å². The van der Waals surface area contributed by atoms with Crippen LogP contribution < -0.4 is 10.2 Å². The monoisotopic (exact) mass is 252 g/mol. The second kappa shape index (κ2) is 4.48. The van der Waals surface area contributed by atoms with E-state index >= 15 is 0 Å². The molecule has 0 unspecified atom stereocenters. The van der Waals surface area contributed by atoms with Crippen molar-refractivity contribution >= 4 is 16.9 Å².